The third-order valence-corrected chi connectivity index (χ3v) is 3.36. The molecule has 1 aliphatic heterocycles. The van der Waals surface area contributed by atoms with Crippen molar-refractivity contribution in [2.75, 3.05) is 0 Å². The molecular formula is C12H11NS. The summed E-state index contributed by atoms with van der Waals surface area (Å²) in [6, 6.07) is 8.64. The normalized spacial score (nSPS) is 13.8. The molecule has 0 unspecified atom stereocenters. The van der Waals surface area contributed by atoms with Gasteiger partial charge in [0.15, 0.2) is 0 Å². The molecule has 70 valence electrons. The highest BCUT2D eigenvalue weighted by Gasteiger charge is 2.14. The summed E-state index contributed by atoms with van der Waals surface area (Å²) >= 11 is 5.36. The van der Waals surface area contributed by atoms with Gasteiger partial charge in [-0.15, -0.1) is 0 Å². The summed E-state index contributed by atoms with van der Waals surface area (Å²) in [6.45, 7) is 3.19. The van der Waals surface area contributed by atoms with Crippen LogP contribution in [0.25, 0.3) is 10.9 Å². The standard InChI is InChI=1S/C12H11NS/c1-8-7-11(14)13-6-5-9-3-2-4-10(8)12(9)13/h2-4,7H,5-6H2,1H3. The molecule has 0 N–H and O–H groups in total. The number of aryl methyl sites for hydroxylation is 3. The molecule has 0 fully saturated rings. The molecule has 14 heavy (non-hydrogen) atoms. The highest BCUT2D eigenvalue weighted by atomic mass is 32.1. The molecule has 0 bridgehead atoms. The molecule has 0 amide bonds. The van der Waals surface area contributed by atoms with E-state index in [2.05, 4.69) is 35.8 Å². The van der Waals surface area contributed by atoms with Crippen LogP contribution in [-0.4, -0.2) is 4.57 Å². The number of rotatable bonds is 0. The molecule has 0 atom stereocenters. The van der Waals surface area contributed by atoms with Gasteiger partial charge in [-0.2, -0.15) is 0 Å². The molecule has 0 saturated heterocycles. The molecule has 1 aromatic carbocycles. The van der Waals surface area contributed by atoms with Gasteiger partial charge < -0.3 is 4.57 Å². The van der Waals surface area contributed by atoms with E-state index in [1.807, 2.05) is 0 Å². The smallest absolute Gasteiger partial charge is 0.106 e. The Morgan fingerprint density at radius 3 is 3.07 bits per heavy atom. The zero-order chi connectivity index (χ0) is 9.71. The Balaban J connectivity index is 2.65. The first-order valence-corrected chi connectivity index (χ1v) is 5.30. The lowest BCUT2D eigenvalue weighted by Crippen LogP contribution is -1.96. The third-order valence-electron chi connectivity index (χ3n) is 3.03. The van der Waals surface area contributed by atoms with Gasteiger partial charge in [-0.1, -0.05) is 30.4 Å². The topological polar surface area (TPSA) is 4.93 Å². The average Bonchev–Trinajstić information content (AvgIpc) is 2.59. The van der Waals surface area contributed by atoms with Gasteiger partial charge in [-0.05, 0) is 30.5 Å². The second kappa shape index (κ2) is 2.67. The van der Waals surface area contributed by atoms with Crippen molar-refractivity contribution in [2.24, 2.45) is 0 Å². The summed E-state index contributed by atoms with van der Waals surface area (Å²) in [4.78, 5) is 0. The summed E-state index contributed by atoms with van der Waals surface area (Å²) in [5.74, 6) is 0. The third kappa shape index (κ3) is 0.919. The monoisotopic (exact) mass is 201 g/mol. The van der Waals surface area contributed by atoms with Gasteiger partial charge in [0.2, 0.25) is 0 Å². The van der Waals surface area contributed by atoms with E-state index in [-0.39, 0.29) is 0 Å². The molecule has 1 aliphatic rings. The first-order valence-electron chi connectivity index (χ1n) is 4.89. The summed E-state index contributed by atoms with van der Waals surface area (Å²) in [7, 11) is 0. The number of hydrogen-bond donors (Lipinski definition) is 0. The van der Waals surface area contributed by atoms with Gasteiger partial charge in [-0.25, -0.2) is 0 Å². The lowest BCUT2D eigenvalue weighted by Gasteiger charge is -2.07. The maximum atomic E-state index is 5.36. The van der Waals surface area contributed by atoms with Crippen LogP contribution < -0.4 is 0 Å². The Hall–Kier alpha value is -1.15. The maximum absolute atomic E-state index is 5.36. The zero-order valence-electron chi connectivity index (χ0n) is 8.08. The minimum Gasteiger partial charge on any atom is -0.332 e. The molecule has 0 saturated carbocycles. The summed E-state index contributed by atoms with van der Waals surface area (Å²) in [5.41, 5.74) is 4.10. The molecule has 1 nitrogen and oxygen atoms in total. The minimum absolute atomic E-state index is 0.972. The van der Waals surface area contributed by atoms with Crippen LogP contribution in [0.3, 0.4) is 0 Å². The highest BCUT2D eigenvalue weighted by molar-refractivity contribution is 7.71. The molecule has 0 radical (unpaired) electrons. The molecule has 0 spiro atoms. The average molecular weight is 201 g/mol. The number of pyridine rings is 1. The van der Waals surface area contributed by atoms with E-state index in [0.717, 1.165) is 17.6 Å². The molecule has 0 aliphatic carbocycles. The van der Waals surface area contributed by atoms with Gasteiger partial charge in [0, 0.05) is 11.9 Å². The van der Waals surface area contributed by atoms with E-state index in [0.29, 0.717) is 0 Å². The Bertz CT molecular complexity index is 581. The predicted molar refractivity (Wildman–Crippen MR) is 61.2 cm³/mol. The lowest BCUT2D eigenvalue weighted by atomic mass is 10.1. The van der Waals surface area contributed by atoms with Gasteiger partial charge in [0.25, 0.3) is 0 Å². The van der Waals surface area contributed by atoms with Crippen LogP contribution in [0.5, 0.6) is 0 Å². The largest absolute Gasteiger partial charge is 0.332 e. The quantitative estimate of drug-likeness (QED) is 0.592. The van der Waals surface area contributed by atoms with Crippen molar-refractivity contribution in [3.8, 4) is 0 Å². The first kappa shape index (κ1) is 8.18. The van der Waals surface area contributed by atoms with Gasteiger partial charge >= 0.3 is 0 Å². The summed E-state index contributed by atoms with van der Waals surface area (Å²) in [6.07, 6.45) is 1.13. The van der Waals surface area contributed by atoms with Gasteiger partial charge in [0.05, 0.1) is 5.52 Å². The molecular weight excluding hydrogens is 190 g/mol. The predicted octanol–water partition coefficient (Wildman–Crippen LogP) is 3.24. The van der Waals surface area contributed by atoms with Crippen LogP contribution >= 0.6 is 12.2 Å². The molecule has 2 heterocycles. The van der Waals surface area contributed by atoms with Crippen molar-refractivity contribution in [2.45, 2.75) is 19.9 Å². The number of aromatic nitrogens is 1. The van der Waals surface area contributed by atoms with E-state index >= 15 is 0 Å². The van der Waals surface area contributed by atoms with Crippen molar-refractivity contribution in [1.29, 1.82) is 0 Å². The lowest BCUT2D eigenvalue weighted by molar-refractivity contribution is 0.756. The Kier molecular flexibility index (Phi) is 1.56. The number of nitrogens with zero attached hydrogens (tertiary/aromatic N) is 1. The van der Waals surface area contributed by atoms with E-state index in [9.17, 15) is 0 Å². The van der Waals surface area contributed by atoms with E-state index in [4.69, 9.17) is 12.2 Å². The van der Waals surface area contributed by atoms with Crippen molar-refractivity contribution < 1.29 is 0 Å². The van der Waals surface area contributed by atoms with Crippen molar-refractivity contribution in [1.82, 2.24) is 4.57 Å². The Labute approximate surface area is 88.0 Å². The van der Waals surface area contributed by atoms with E-state index in [1.165, 1.54) is 22.0 Å². The van der Waals surface area contributed by atoms with Gasteiger partial charge in [-0.3, -0.25) is 0 Å². The fraction of sp³-hybridized carbons (Fsp3) is 0.250. The summed E-state index contributed by atoms with van der Waals surface area (Å²) < 4.78 is 3.23. The van der Waals surface area contributed by atoms with Crippen LogP contribution in [0.1, 0.15) is 11.1 Å². The first-order chi connectivity index (χ1) is 6.77. The minimum atomic E-state index is 0.972. The van der Waals surface area contributed by atoms with Crippen LogP contribution in [0.15, 0.2) is 24.3 Å². The number of hydrogen-bond acceptors (Lipinski definition) is 1. The van der Waals surface area contributed by atoms with Crippen LogP contribution in [0.2, 0.25) is 0 Å². The molecule has 2 heteroatoms. The second-order valence-corrected chi connectivity index (χ2v) is 4.30. The van der Waals surface area contributed by atoms with Crippen LogP contribution in [-0.2, 0) is 13.0 Å². The number of para-hydroxylation sites is 1. The Morgan fingerprint density at radius 1 is 1.36 bits per heavy atom. The number of benzene rings is 1. The summed E-state index contributed by atoms with van der Waals surface area (Å²) in [5, 5.41) is 1.36. The Morgan fingerprint density at radius 2 is 2.21 bits per heavy atom. The fourth-order valence-electron chi connectivity index (χ4n) is 2.34. The molecule has 3 rings (SSSR count). The fourth-order valence-corrected chi connectivity index (χ4v) is 2.69. The second-order valence-electron chi connectivity index (χ2n) is 3.88. The van der Waals surface area contributed by atoms with E-state index < -0.39 is 0 Å². The highest BCUT2D eigenvalue weighted by Crippen LogP contribution is 2.28. The molecule has 2 aromatic rings. The van der Waals surface area contributed by atoms with Crippen molar-refractivity contribution in [3.05, 3.63) is 40.0 Å². The molecule has 1 aromatic heterocycles. The SMILES string of the molecule is Cc1cc(=S)n2c3c(cccc13)CC2. The van der Waals surface area contributed by atoms with Crippen LogP contribution in [0, 0.1) is 11.6 Å². The van der Waals surface area contributed by atoms with Crippen molar-refractivity contribution in [3.63, 3.8) is 0 Å². The zero-order valence-corrected chi connectivity index (χ0v) is 8.90. The van der Waals surface area contributed by atoms with E-state index in [1.54, 1.807) is 0 Å². The van der Waals surface area contributed by atoms with Crippen LogP contribution in [0.4, 0.5) is 0 Å². The van der Waals surface area contributed by atoms with Crippen molar-refractivity contribution >= 4 is 23.1 Å². The van der Waals surface area contributed by atoms with Gasteiger partial charge in [0.1, 0.15) is 4.64 Å². The maximum Gasteiger partial charge on any atom is 0.106 e.